The highest BCUT2D eigenvalue weighted by Crippen LogP contribution is 2.08. The quantitative estimate of drug-likeness (QED) is 0.617. The van der Waals surface area contributed by atoms with Gasteiger partial charge < -0.3 is 5.11 Å². The minimum Gasteiger partial charge on any atom is -0.393 e. The SMILES string of the molecule is C=C(C)/C(C)=C\CC(O)CC. The smallest absolute Gasteiger partial charge is 0.0572 e. The molecule has 0 saturated heterocycles. The van der Waals surface area contributed by atoms with E-state index in [0.29, 0.717) is 0 Å². The molecule has 1 unspecified atom stereocenters. The van der Waals surface area contributed by atoms with E-state index >= 15 is 0 Å². The third kappa shape index (κ3) is 4.79. The average molecular weight is 154 g/mol. The first-order chi connectivity index (χ1) is 5.07. The summed E-state index contributed by atoms with van der Waals surface area (Å²) in [5.74, 6) is 0. The van der Waals surface area contributed by atoms with Crippen LogP contribution in [0.25, 0.3) is 0 Å². The molecule has 0 fully saturated rings. The Kier molecular flexibility index (Phi) is 4.88. The Morgan fingerprint density at radius 2 is 2.09 bits per heavy atom. The minimum absolute atomic E-state index is 0.190. The largest absolute Gasteiger partial charge is 0.393 e. The average Bonchev–Trinajstić information content (AvgIpc) is 1.99. The van der Waals surface area contributed by atoms with Gasteiger partial charge in [-0.2, -0.15) is 0 Å². The maximum atomic E-state index is 9.21. The molecule has 0 rings (SSSR count). The summed E-state index contributed by atoms with van der Waals surface area (Å²) in [7, 11) is 0. The van der Waals surface area contributed by atoms with Crippen LogP contribution in [0.15, 0.2) is 23.8 Å². The molecule has 64 valence electrons. The lowest BCUT2D eigenvalue weighted by Gasteiger charge is -2.04. The van der Waals surface area contributed by atoms with Crippen molar-refractivity contribution in [2.75, 3.05) is 0 Å². The molecule has 1 nitrogen and oxygen atoms in total. The monoisotopic (exact) mass is 154 g/mol. The fourth-order valence-electron chi connectivity index (χ4n) is 0.654. The van der Waals surface area contributed by atoms with Crippen molar-refractivity contribution in [1.82, 2.24) is 0 Å². The fourth-order valence-corrected chi connectivity index (χ4v) is 0.654. The zero-order valence-corrected chi connectivity index (χ0v) is 7.72. The maximum Gasteiger partial charge on any atom is 0.0572 e. The molecule has 0 aliphatic heterocycles. The predicted molar refractivity (Wildman–Crippen MR) is 49.5 cm³/mol. The second-order valence-corrected chi connectivity index (χ2v) is 2.97. The van der Waals surface area contributed by atoms with Gasteiger partial charge in [-0.15, -0.1) is 0 Å². The van der Waals surface area contributed by atoms with Crippen LogP contribution in [0, 0.1) is 0 Å². The highest BCUT2D eigenvalue weighted by molar-refractivity contribution is 5.23. The van der Waals surface area contributed by atoms with Crippen molar-refractivity contribution >= 4 is 0 Å². The van der Waals surface area contributed by atoms with Gasteiger partial charge in [-0.25, -0.2) is 0 Å². The Labute approximate surface area is 69.4 Å². The maximum absolute atomic E-state index is 9.21. The summed E-state index contributed by atoms with van der Waals surface area (Å²) in [6.07, 6.45) is 3.41. The molecular formula is C10H18O. The molecule has 1 heteroatoms. The molecule has 0 radical (unpaired) electrons. The lowest BCUT2D eigenvalue weighted by Crippen LogP contribution is -2.01. The summed E-state index contributed by atoms with van der Waals surface area (Å²) in [6, 6.07) is 0. The predicted octanol–water partition coefficient (Wildman–Crippen LogP) is 2.67. The molecule has 0 heterocycles. The topological polar surface area (TPSA) is 20.2 Å². The van der Waals surface area contributed by atoms with Crippen LogP contribution < -0.4 is 0 Å². The van der Waals surface area contributed by atoms with Gasteiger partial charge in [0.15, 0.2) is 0 Å². The van der Waals surface area contributed by atoms with Crippen LogP contribution in [0.3, 0.4) is 0 Å². The van der Waals surface area contributed by atoms with Gasteiger partial charge in [0.25, 0.3) is 0 Å². The molecule has 0 aromatic heterocycles. The van der Waals surface area contributed by atoms with Gasteiger partial charge >= 0.3 is 0 Å². The number of aliphatic hydroxyl groups excluding tert-OH is 1. The molecule has 11 heavy (non-hydrogen) atoms. The Bertz CT molecular complexity index is 156. The molecule has 0 bridgehead atoms. The van der Waals surface area contributed by atoms with E-state index < -0.39 is 0 Å². The highest BCUT2D eigenvalue weighted by atomic mass is 16.3. The van der Waals surface area contributed by atoms with Gasteiger partial charge in [-0.3, -0.25) is 0 Å². The van der Waals surface area contributed by atoms with Crippen molar-refractivity contribution in [2.45, 2.75) is 39.7 Å². The first-order valence-electron chi connectivity index (χ1n) is 4.08. The lowest BCUT2D eigenvalue weighted by atomic mass is 10.1. The molecule has 0 spiro atoms. The molecule has 1 atom stereocenters. The molecule has 0 aromatic carbocycles. The Hall–Kier alpha value is -0.560. The van der Waals surface area contributed by atoms with E-state index in [9.17, 15) is 5.11 Å². The van der Waals surface area contributed by atoms with Gasteiger partial charge in [-0.1, -0.05) is 30.7 Å². The van der Waals surface area contributed by atoms with E-state index in [4.69, 9.17) is 0 Å². The Morgan fingerprint density at radius 3 is 2.45 bits per heavy atom. The third-order valence-electron chi connectivity index (χ3n) is 1.84. The van der Waals surface area contributed by atoms with Crippen LogP contribution in [0.1, 0.15) is 33.6 Å². The van der Waals surface area contributed by atoms with Gasteiger partial charge in [0.05, 0.1) is 6.10 Å². The summed E-state index contributed by atoms with van der Waals surface area (Å²) in [5, 5.41) is 9.21. The van der Waals surface area contributed by atoms with Gasteiger partial charge in [0, 0.05) is 0 Å². The van der Waals surface area contributed by atoms with Gasteiger partial charge in [-0.05, 0) is 26.7 Å². The van der Waals surface area contributed by atoms with E-state index in [1.54, 1.807) is 0 Å². The van der Waals surface area contributed by atoms with Crippen LogP contribution in [-0.4, -0.2) is 11.2 Å². The van der Waals surface area contributed by atoms with Crippen molar-refractivity contribution < 1.29 is 5.11 Å². The fraction of sp³-hybridized carbons (Fsp3) is 0.600. The van der Waals surface area contributed by atoms with E-state index in [1.807, 2.05) is 26.8 Å². The molecule has 0 aliphatic rings. The molecule has 1 N–H and O–H groups in total. The van der Waals surface area contributed by atoms with Crippen molar-refractivity contribution in [3.8, 4) is 0 Å². The summed E-state index contributed by atoms with van der Waals surface area (Å²) in [6.45, 7) is 9.78. The zero-order chi connectivity index (χ0) is 8.85. The van der Waals surface area contributed by atoms with Crippen molar-refractivity contribution in [1.29, 1.82) is 0 Å². The molecule has 0 aliphatic carbocycles. The number of hydrogen-bond acceptors (Lipinski definition) is 1. The van der Waals surface area contributed by atoms with Crippen LogP contribution in [0.2, 0.25) is 0 Å². The van der Waals surface area contributed by atoms with Crippen molar-refractivity contribution in [3.63, 3.8) is 0 Å². The molecular weight excluding hydrogens is 136 g/mol. The lowest BCUT2D eigenvalue weighted by molar-refractivity contribution is 0.173. The van der Waals surface area contributed by atoms with Crippen LogP contribution in [0.5, 0.6) is 0 Å². The summed E-state index contributed by atoms with van der Waals surface area (Å²) >= 11 is 0. The first kappa shape index (κ1) is 10.4. The van der Waals surface area contributed by atoms with Crippen molar-refractivity contribution in [2.24, 2.45) is 0 Å². The van der Waals surface area contributed by atoms with Crippen LogP contribution in [0.4, 0.5) is 0 Å². The minimum atomic E-state index is -0.190. The van der Waals surface area contributed by atoms with E-state index in [-0.39, 0.29) is 6.10 Å². The highest BCUT2D eigenvalue weighted by Gasteiger charge is 1.97. The molecule has 0 amide bonds. The van der Waals surface area contributed by atoms with Gasteiger partial charge in [0.2, 0.25) is 0 Å². The summed E-state index contributed by atoms with van der Waals surface area (Å²) < 4.78 is 0. The zero-order valence-electron chi connectivity index (χ0n) is 7.72. The number of allylic oxidation sites excluding steroid dienone is 2. The molecule has 0 saturated carbocycles. The van der Waals surface area contributed by atoms with Crippen LogP contribution >= 0.6 is 0 Å². The van der Waals surface area contributed by atoms with E-state index in [0.717, 1.165) is 18.4 Å². The Balaban J connectivity index is 3.82. The van der Waals surface area contributed by atoms with E-state index in [2.05, 4.69) is 6.58 Å². The van der Waals surface area contributed by atoms with E-state index in [1.165, 1.54) is 5.57 Å². The summed E-state index contributed by atoms with van der Waals surface area (Å²) in [4.78, 5) is 0. The number of hydrogen-bond donors (Lipinski definition) is 1. The second-order valence-electron chi connectivity index (χ2n) is 2.97. The van der Waals surface area contributed by atoms with Crippen molar-refractivity contribution in [3.05, 3.63) is 23.8 Å². The second kappa shape index (κ2) is 5.14. The number of rotatable bonds is 4. The van der Waals surface area contributed by atoms with Crippen LogP contribution in [-0.2, 0) is 0 Å². The molecule has 0 aromatic rings. The summed E-state index contributed by atoms with van der Waals surface area (Å²) in [5.41, 5.74) is 2.26. The number of aliphatic hydroxyl groups is 1. The van der Waals surface area contributed by atoms with Gasteiger partial charge in [0.1, 0.15) is 0 Å². The third-order valence-corrected chi connectivity index (χ3v) is 1.84. The first-order valence-corrected chi connectivity index (χ1v) is 4.08. The Morgan fingerprint density at radius 1 is 1.55 bits per heavy atom. The standard InChI is InChI=1S/C10H18O/c1-5-10(11)7-6-9(4)8(2)3/h6,10-11H,2,5,7H2,1,3-4H3/b9-6-. The normalized spacial score (nSPS) is 14.7.